The first-order chi connectivity index (χ1) is 9.95. The van der Waals surface area contributed by atoms with Crippen LogP contribution in [-0.2, 0) is 4.79 Å². The van der Waals surface area contributed by atoms with E-state index in [-0.39, 0.29) is 12.3 Å². The van der Waals surface area contributed by atoms with E-state index in [9.17, 15) is 18.4 Å². The van der Waals surface area contributed by atoms with Gasteiger partial charge in [-0.2, -0.15) is 8.78 Å². The average Bonchev–Trinajstić information content (AvgIpc) is 2.88. The maximum Gasteiger partial charge on any atom is 0.387 e. The number of carboxylic acid groups (broad SMARTS) is 1. The number of hydrogen-bond acceptors (Lipinski definition) is 3. The summed E-state index contributed by atoms with van der Waals surface area (Å²) in [4.78, 5) is 24.2. The Hall–Kier alpha value is -2.38. The number of nitrogens with zero attached hydrogens (tertiary/aromatic N) is 1. The smallest absolute Gasteiger partial charge is 0.387 e. The molecule has 0 spiro atoms. The van der Waals surface area contributed by atoms with Crippen LogP contribution in [0.5, 0.6) is 5.75 Å². The molecule has 1 aliphatic heterocycles. The first-order valence-corrected chi connectivity index (χ1v) is 6.29. The largest absolute Gasteiger partial charge is 0.481 e. The Bertz CT molecular complexity index is 539. The molecule has 0 aromatic heterocycles. The first kappa shape index (κ1) is 15.0. The Kier molecular flexibility index (Phi) is 4.56. The average molecular weight is 300 g/mol. The van der Waals surface area contributed by atoms with E-state index in [2.05, 4.69) is 10.1 Å². The van der Waals surface area contributed by atoms with E-state index in [1.807, 2.05) is 0 Å². The van der Waals surface area contributed by atoms with Crippen LogP contribution < -0.4 is 10.1 Å². The molecule has 2 rings (SSSR count). The van der Waals surface area contributed by atoms with Gasteiger partial charge in [0.05, 0.1) is 5.92 Å². The molecule has 1 aromatic carbocycles. The maximum absolute atomic E-state index is 12.1. The molecule has 1 aliphatic rings. The standard InChI is InChI=1S/C13H14F2N2O4/c14-12(15)21-10-3-1-2-9(6-10)16-13(20)17-5-4-8(7-17)11(18)19/h1-3,6,8,12H,4-5,7H2,(H,16,20)(H,18,19). The molecule has 1 saturated heterocycles. The molecule has 21 heavy (non-hydrogen) atoms. The number of nitrogens with one attached hydrogen (secondary N) is 1. The number of ether oxygens (including phenoxy) is 1. The van der Waals surface area contributed by atoms with Gasteiger partial charge >= 0.3 is 18.6 Å². The number of carbonyl (C=O) groups excluding carboxylic acids is 1. The van der Waals surface area contributed by atoms with E-state index in [1.54, 1.807) is 0 Å². The first-order valence-electron chi connectivity index (χ1n) is 6.29. The number of anilines is 1. The fourth-order valence-electron chi connectivity index (χ4n) is 2.10. The lowest BCUT2D eigenvalue weighted by Gasteiger charge is -2.17. The minimum Gasteiger partial charge on any atom is -0.481 e. The van der Waals surface area contributed by atoms with Crippen LogP contribution in [0.1, 0.15) is 6.42 Å². The van der Waals surface area contributed by atoms with Gasteiger partial charge in [-0.15, -0.1) is 0 Å². The molecule has 1 heterocycles. The minimum atomic E-state index is -2.94. The van der Waals surface area contributed by atoms with E-state index in [4.69, 9.17) is 5.11 Å². The Morgan fingerprint density at radius 1 is 1.43 bits per heavy atom. The lowest BCUT2D eigenvalue weighted by Crippen LogP contribution is -2.33. The van der Waals surface area contributed by atoms with Crippen LogP contribution in [0.25, 0.3) is 0 Å². The van der Waals surface area contributed by atoms with Crippen LogP contribution in [0.3, 0.4) is 0 Å². The zero-order valence-electron chi connectivity index (χ0n) is 11.0. The third kappa shape index (κ3) is 4.04. The highest BCUT2D eigenvalue weighted by atomic mass is 19.3. The summed E-state index contributed by atoms with van der Waals surface area (Å²) in [5.74, 6) is -1.56. The third-order valence-corrected chi connectivity index (χ3v) is 3.14. The zero-order valence-corrected chi connectivity index (χ0v) is 11.0. The molecule has 8 heteroatoms. The van der Waals surface area contributed by atoms with Gasteiger partial charge in [0, 0.05) is 24.8 Å². The monoisotopic (exact) mass is 300 g/mol. The highest BCUT2D eigenvalue weighted by Crippen LogP contribution is 2.21. The fourth-order valence-corrected chi connectivity index (χ4v) is 2.10. The summed E-state index contributed by atoms with van der Waals surface area (Å²) < 4.78 is 28.4. The van der Waals surface area contributed by atoms with E-state index in [1.165, 1.54) is 29.2 Å². The predicted octanol–water partition coefficient (Wildman–Crippen LogP) is 2.23. The summed E-state index contributed by atoms with van der Waals surface area (Å²) in [5, 5.41) is 11.4. The lowest BCUT2D eigenvalue weighted by atomic mass is 10.1. The van der Waals surface area contributed by atoms with Crippen molar-refractivity contribution in [1.82, 2.24) is 4.90 Å². The molecule has 6 nitrogen and oxygen atoms in total. The SMILES string of the molecule is O=C(O)C1CCN(C(=O)Nc2cccc(OC(F)F)c2)C1. The van der Waals surface area contributed by atoms with E-state index >= 15 is 0 Å². The van der Waals surface area contributed by atoms with Crippen LogP contribution in [0, 0.1) is 5.92 Å². The van der Waals surface area contributed by atoms with Crippen molar-refractivity contribution < 1.29 is 28.2 Å². The lowest BCUT2D eigenvalue weighted by molar-refractivity contribution is -0.141. The molecule has 2 amide bonds. The number of alkyl halides is 2. The number of halogens is 2. The molecular formula is C13H14F2N2O4. The predicted molar refractivity (Wildman–Crippen MR) is 69.4 cm³/mol. The normalized spacial score (nSPS) is 17.9. The van der Waals surface area contributed by atoms with Gasteiger partial charge in [-0.1, -0.05) is 6.07 Å². The van der Waals surface area contributed by atoms with Crippen LogP contribution >= 0.6 is 0 Å². The van der Waals surface area contributed by atoms with E-state index in [0.29, 0.717) is 18.7 Å². The van der Waals surface area contributed by atoms with Gasteiger partial charge in [0.2, 0.25) is 0 Å². The van der Waals surface area contributed by atoms with Crippen molar-refractivity contribution in [2.45, 2.75) is 13.0 Å². The Labute approximate surface area is 119 Å². The molecule has 1 fully saturated rings. The Morgan fingerprint density at radius 3 is 2.81 bits per heavy atom. The highest BCUT2D eigenvalue weighted by molar-refractivity contribution is 5.90. The third-order valence-electron chi connectivity index (χ3n) is 3.14. The number of urea groups is 1. The molecule has 0 radical (unpaired) electrons. The van der Waals surface area contributed by atoms with Gasteiger partial charge in [-0.3, -0.25) is 4.79 Å². The van der Waals surface area contributed by atoms with E-state index < -0.39 is 24.5 Å². The zero-order chi connectivity index (χ0) is 15.4. The molecule has 1 atom stereocenters. The van der Waals surface area contributed by atoms with Crippen molar-refractivity contribution in [3.8, 4) is 5.75 Å². The second-order valence-corrected chi connectivity index (χ2v) is 4.61. The molecule has 1 aromatic rings. The number of likely N-dealkylation sites (tertiary alicyclic amines) is 1. The maximum atomic E-state index is 12.1. The van der Waals surface area contributed by atoms with Crippen molar-refractivity contribution in [2.75, 3.05) is 18.4 Å². The Morgan fingerprint density at radius 2 is 2.19 bits per heavy atom. The molecule has 1 unspecified atom stereocenters. The van der Waals surface area contributed by atoms with Gasteiger partial charge in [-0.05, 0) is 18.6 Å². The van der Waals surface area contributed by atoms with Crippen molar-refractivity contribution in [2.24, 2.45) is 5.92 Å². The van der Waals surface area contributed by atoms with Crippen LogP contribution in [-0.4, -0.2) is 41.7 Å². The summed E-state index contributed by atoms with van der Waals surface area (Å²) in [6.07, 6.45) is 0.400. The van der Waals surface area contributed by atoms with Crippen molar-refractivity contribution in [1.29, 1.82) is 0 Å². The Balaban J connectivity index is 1.95. The number of carboxylic acids is 1. The van der Waals surface area contributed by atoms with Crippen molar-refractivity contribution in [3.63, 3.8) is 0 Å². The topological polar surface area (TPSA) is 78.9 Å². The second-order valence-electron chi connectivity index (χ2n) is 4.61. The van der Waals surface area contributed by atoms with Gasteiger partial charge in [0.1, 0.15) is 5.75 Å². The van der Waals surface area contributed by atoms with E-state index in [0.717, 1.165) is 0 Å². The number of carbonyl (C=O) groups is 2. The summed E-state index contributed by atoms with van der Waals surface area (Å²) in [6.45, 7) is -2.46. The number of aliphatic carboxylic acids is 1. The number of amides is 2. The number of hydrogen-bond donors (Lipinski definition) is 2. The minimum absolute atomic E-state index is 0.0624. The molecule has 0 aliphatic carbocycles. The molecule has 0 saturated carbocycles. The molecule has 0 bridgehead atoms. The van der Waals surface area contributed by atoms with Gasteiger partial charge in [0.15, 0.2) is 0 Å². The van der Waals surface area contributed by atoms with Crippen LogP contribution in [0.2, 0.25) is 0 Å². The summed E-state index contributed by atoms with van der Waals surface area (Å²) in [7, 11) is 0. The van der Waals surface area contributed by atoms with Gasteiger partial charge in [0.25, 0.3) is 0 Å². The van der Waals surface area contributed by atoms with Crippen LogP contribution in [0.15, 0.2) is 24.3 Å². The van der Waals surface area contributed by atoms with Crippen molar-refractivity contribution in [3.05, 3.63) is 24.3 Å². The fraction of sp³-hybridized carbons (Fsp3) is 0.385. The highest BCUT2D eigenvalue weighted by Gasteiger charge is 2.30. The molecule has 114 valence electrons. The summed E-state index contributed by atoms with van der Waals surface area (Å²) >= 11 is 0. The number of rotatable bonds is 4. The number of benzene rings is 1. The second kappa shape index (κ2) is 6.38. The van der Waals surface area contributed by atoms with Gasteiger partial charge < -0.3 is 20.1 Å². The summed E-state index contributed by atoms with van der Waals surface area (Å²) in [6, 6.07) is 5.15. The van der Waals surface area contributed by atoms with Gasteiger partial charge in [-0.25, -0.2) is 4.79 Å². The molecular weight excluding hydrogens is 286 g/mol. The van der Waals surface area contributed by atoms with Crippen LogP contribution in [0.4, 0.5) is 19.3 Å². The molecule has 2 N–H and O–H groups in total. The van der Waals surface area contributed by atoms with Crippen molar-refractivity contribution >= 4 is 17.7 Å². The summed E-state index contributed by atoms with van der Waals surface area (Å²) in [5.41, 5.74) is 0.303. The quantitative estimate of drug-likeness (QED) is 0.893.